The molecule has 0 spiro atoms. The molecule has 0 saturated carbocycles. The average molecular weight is 341 g/mol. The minimum Gasteiger partial charge on any atom is -0.493 e. The van der Waals surface area contributed by atoms with Crippen molar-refractivity contribution in [3.63, 3.8) is 0 Å². The molecule has 1 fully saturated rings. The molecule has 2 rings (SSSR count). The van der Waals surface area contributed by atoms with Crippen LogP contribution in [0.2, 0.25) is 0 Å². The second-order valence-corrected chi connectivity index (χ2v) is 8.45. The Morgan fingerprint density at radius 3 is 2.35 bits per heavy atom. The maximum atomic E-state index is 12.4. The van der Waals surface area contributed by atoms with Gasteiger partial charge in [-0.15, -0.1) is 0 Å². The molecule has 1 aromatic carbocycles. The van der Waals surface area contributed by atoms with Crippen molar-refractivity contribution in [3.8, 4) is 11.5 Å². The molecule has 1 aromatic rings. The van der Waals surface area contributed by atoms with Crippen molar-refractivity contribution >= 4 is 15.7 Å². The number of amides is 1. The Bertz CT molecular complexity index is 678. The number of likely N-dealkylation sites (tertiary alicyclic amines) is 1. The van der Waals surface area contributed by atoms with E-state index < -0.39 is 15.1 Å². The molecular weight excluding hydrogens is 318 g/mol. The minimum atomic E-state index is -3.13. The molecule has 0 unspecified atom stereocenters. The van der Waals surface area contributed by atoms with Crippen molar-refractivity contribution in [2.45, 2.75) is 19.1 Å². The highest BCUT2D eigenvalue weighted by atomic mass is 32.2. The first kappa shape index (κ1) is 17.6. The summed E-state index contributed by atoms with van der Waals surface area (Å²) in [7, 11) is -0.103. The summed E-state index contributed by atoms with van der Waals surface area (Å²) in [4.78, 5) is 14.0. The largest absolute Gasteiger partial charge is 0.493 e. The molecule has 1 aliphatic heterocycles. The molecular formula is C16H23NO5S. The lowest BCUT2D eigenvalue weighted by Crippen LogP contribution is -2.57. The number of hydrogen-bond donors (Lipinski definition) is 0. The summed E-state index contributed by atoms with van der Waals surface area (Å²) in [6.07, 6.45) is 0. The topological polar surface area (TPSA) is 72.9 Å². The lowest BCUT2D eigenvalue weighted by atomic mass is 10.1. The number of sulfone groups is 1. The fourth-order valence-electron chi connectivity index (χ4n) is 2.58. The third-order valence-electron chi connectivity index (χ3n) is 3.84. The van der Waals surface area contributed by atoms with Gasteiger partial charge in [0.05, 0.1) is 25.2 Å². The molecule has 0 N–H and O–H groups in total. The molecule has 0 radical (unpaired) electrons. The predicted molar refractivity (Wildman–Crippen MR) is 87.9 cm³/mol. The summed E-state index contributed by atoms with van der Waals surface area (Å²) < 4.78 is 34.6. The van der Waals surface area contributed by atoms with Gasteiger partial charge in [0, 0.05) is 18.7 Å². The molecule has 0 atom stereocenters. The fourth-order valence-corrected chi connectivity index (χ4v) is 4.60. The number of nitrogens with zero attached hydrogens (tertiary/aromatic N) is 1. The van der Waals surface area contributed by atoms with Crippen LogP contribution in [0.3, 0.4) is 0 Å². The van der Waals surface area contributed by atoms with E-state index in [0.717, 1.165) is 0 Å². The van der Waals surface area contributed by atoms with Crippen molar-refractivity contribution in [2.24, 2.45) is 5.92 Å². The first-order valence-electron chi connectivity index (χ1n) is 7.51. The van der Waals surface area contributed by atoms with Gasteiger partial charge in [-0.25, -0.2) is 8.42 Å². The standard InChI is InChI=1S/C16H23NO5S/c1-11(2)10-23(19,20)13-8-17(9-13)16(18)12-5-6-14(21-3)15(7-12)22-4/h5-7,11,13H,8-10H2,1-4H3. The third-order valence-corrected chi connectivity index (χ3v) is 6.28. The van der Waals surface area contributed by atoms with Crippen LogP contribution in [0, 0.1) is 5.92 Å². The van der Waals surface area contributed by atoms with Crippen molar-refractivity contribution < 1.29 is 22.7 Å². The Morgan fingerprint density at radius 1 is 1.22 bits per heavy atom. The lowest BCUT2D eigenvalue weighted by molar-refractivity contribution is 0.0658. The van der Waals surface area contributed by atoms with Crippen molar-refractivity contribution in [2.75, 3.05) is 33.1 Å². The number of methoxy groups -OCH3 is 2. The van der Waals surface area contributed by atoms with E-state index in [2.05, 4.69) is 0 Å². The quantitative estimate of drug-likeness (QED) is 0.786. The molecule has 1 aliphatic rings. The Balaban J connectivity index is 2.04. The van der Waals surface area contributed by atoms with Gasteiger partial charge in [-0.1, -0.05) is 13.8 Å². The van der Waals surface area contributed by atoms with Gasteiger partial charge in [0.15, 0.2) is 21.3 Å². The van der Waals surface area contributed by atoms with Crippen LogP contribution in [0.4, 0.5) is 0 Å². The molecule has 0 bridgehead atoms. The van der Waals surface area contributed by atoms with E-state index >= 15 is 0 Å². The number of carbonyl (C=O) groups excluding carboxylic acids is 1. The molecule has 6 nitrogen and oxygen atoms in total. The van der Waals surface area contributed by atoms with Gasteiger partial charge >= 0.3 is 0 Å². The molecule has 7 heteroatoms. The number of rotatable bonds is 6. The Labute approximate surface area is 137 Å². The normalized spacial score (nSPS) is 15.4. The van der Waals surface area contributed by atoms with Crippen LogP contribution in [-0.2, 0) is 9.84 Å². The van der Waals surface area contributed by atoms with E-state index in [9.17, 15) is 13.2 Å². The van der Waals surface area contributed by atoms with Crippen LogP contribution in [0.25, 0.3) is 0 Å². The molecule has 128 valence electrons. The Hall–Kier alpha value is -1.76. The van der Waals surface area contributed by atoms with E-state index in [-0.39, 0.29) is 30.7 Å². The fraction of sp³-hybridized carbons (Fsp3) is 0.562. The van der Waals surface area contributed by atoms with Gasteiger partial charge < -0.3 is 14.4 Å². The van der Waals surface area contributed by atoms with Crippen LogP contribution >= 0.6 is 0 Å². The zero-order chi connectivity index (χ0) is 17.2. The summed E-state index contributed by atoms with van der Waals surface area (Å²) in [6, 6.07) is 4.93. The first-order chi connectivity index (χ1) is 10.8. The Kier molecular flexibility index (Phi) is 5.19. The summed E-state index contributed by atoms with van der Waals surface area (Å²) in [5.41, 5.74) is 0.461. The van der Waals surface area contributed by atoms with Crippen LogP contribution in [0.15, 0.2) is 18.2 Å². The predicted octanol–water partition coefficient (Wildman–Crippen LogP) is 1.60. The zero-order valence-corrected chi connectivity index (χ0v) is 14.7. The molecule has 1 amide bonds. The second kappa shape index (κ2) is 6.78. The summed E-state index contributed by atoms with van der Waals surface area (Å²) in [5.74, 6) is 1.08. The monoisotopic (exact) mass is 341 g/mol. The highest BCUT2D eigenvalue weighted by Crippen LogP contribution is 2.29. The number of hydrogen-bond acceptors (Lipinski definition) is 5. The second-order valence-electron chi connectivity index (χ2n) is 6.13. The third kappa shape index (κ3) is 3.77. The maximum Gasteiger partial charge on any atom is 0.254 e. The van der Waals surface area contributed by atoms with Crippen molar-refractivity contribution in [1.29, 1.82) is 0 Å². The lowest BCUT2D eigenvalue weighted by Gasteiger charge is -2.39. The minimum absolute atomic E-state index is 0.0931. The van der Waals surface area contributed by atoms with E-state index in [1.54, 1.807) is 23.1 Å². The Morgan fingerprint density at radius 2 is 1.83 bits per heavy atom. The first-order valence-corrected chi connectivity index (χ1v) is 9.23. The average Bonchev–Trinajstić information content (AvgIpc) is 2.42. The van der Waals surface area contributed by atoms with Gasteiger partial charge in [0.2, 0.25) is 0 Å². The smallest absolute Gasteiger partial charge is 0.254 e. The molecule has 1 heterocycles. The highest BCUT2D eigenvalue weighted by Gasteiger charge is 2.40. The molecule has 0 aromatic heterocycles. The van der Waals surface area contributed by atoms with E-state index in [1.165, 1.54) is 14.2 Å². The SMILES string of the molecule is COc1ccc(C(=O)N2CC(S(=O)(=O)CC(C)C)C2)cc1OC. The maximum absolute atomic E-state index is 12.4. The van der Waals surface area contributed by atoms with E-state index in [0.29, 0.717) is 17.1 Å². The van der Waals surface area contributed by atoms with Crippen molar-refractivity contribution in [3.05, 3.63) is 23.8 Å². The molecule has 0 aliphatic carbocycles. The number of ether oxygens (including phenoxy) is 2. The van der Waals surface area contributed by atoms with Crippen LogP contribution in [-0.4, -0.2) is 57.5 Å². The van der Waals surface area contributed by atoms with Gasteiger partial charge in [-0.3, -0.25) is 4.79 Å². The van der Waals surface area contributed by atoms with Gasteiger partial charge in [0.1, 0.15) is 0 Å². The van der Waals surface area contributed by atoms with Crippen molar-refractivity contribution in [1.82, 2.24) is 4.90 Å². The summed E-state index contributed by atoms with van der Waals surface area (Å²) >= 11 is 0. The summed E-state index contributed by atoms with van der Waals surface area (Å²) in [6.45, 7) is 4.26. The van der Waals surface area contributed by atoms with Gasteiger partial charge in [-0.2, -0.15) is 0 Å². The number of benzene rings is 1. The number of carbonyl (C=O) groups is 1. The van der Waals surface area contributed by atoms with Gasteiger partial charge in [0.25, 0.3) is 5.91 Å². The zero-order valence-electron chi connectivity index (χ0n) is 13.9. The van der Waals surface area contributed by atoms with Crippen LogP contribution < -0.4 is 9.47 Å². The summed E-state index contributed by atoms with van der Waals surface area (Å²) in [5, 5.41) is -0.450. The molecule has 1 saturated heterocycles. The van der Waals surface area contributed by atoms with Crippen LogP contribution in [0.1, 0.15) is 24.2 Å². The van der Waals surface area contributed by atoms with Crippen LogP contribution in [0.5, 0.6) is 11.5 Å². The van der Waals surface area contributed by atoms with E-state index in [4.69, 9.17) is 9.47 Å². The van der Waals surface area contributed by atoms with E-state index in [1.807, 2.05) is 13.8 Å². The van der Waals surface area contributed by atoms with Gasteiger partial charge in [-0.05, 0) is 24.1 Å². The highest BCUT2D eigenvalue weighted by molar-refractivity contribution is 7.92. The molecule has 23 heavy (non-hydrogen) atoms.